The van der Waals surface area contributed by atoms with Gasteiger partial charge >= 0.3 is 0 Å². The highest BCUT2D eigenvalue weighted by molar-refractivity contribution is 5.97. The van der Waals surface area contributed by atoms with Crippen molar-refractivity contribution in [3.05, 3.63) is 102 Å². The second-order valence-corrected chi connectivity index (χ2v) is 8.69. The molecule has 3 heterocycles. The minimum atomic E-state index is -0.0836. The minimum Gasteiger partial charge on any atom is -0.352 e. The number of imidazole rings is 2. The molecule has 3 aromatic heterocycles. The van der Waals surface area contributed by atoms with Crippen LogP contribution in [0.5, 0.6) is 0 Å². The molecule has 0 spiro atoms. The van der Waals surface area contributed by atoms with E-state index in [1.165, 1.54) is 16.3 Å². The third-order valence-corrected chi connectivity index (χ3v) is 6.45. The largest absolute Gasteiger partial charge is 0.352 e. The second kappa shape index (κ2) is 8.68. The Kier molecular flexibility index (Phi) is 5.22. The second-order valence-electron chi connectivity index (χ2n) is 8.69. The van der Waals surface area contributed by atoms with Crippen LogP contribution in [0.15, 0.2) is 79.1 Å². The maximum absolute atomic E-state index is 12.9. The van der Waals surface area contributed by atoms with Crippen LogP contribution in [0.2, 0.25) is 0 Å². The van der Waals surface area contributed by atoms with Crippen molar-refractivity contribution in [3.63, 3.8) is 0 Å². The smallest absolute Gasteiger partial charge is 0.251 e. The van der Waals surface area contributed by atoms with E-state index in [0.29, 0.717) is 18.5 Å². The van der Waals surface area contributed by atoms with E-state index in [1.807, 2.05) is 48.0 Å². The molecular formula is C28H24N6O. The first kappa shape index (κ1) is 21.0. The fourth-order valence-electron chi connectivity index (χ4n) is 4.61. The van der Waals surface area contributed by atoms with Crippen molar-refractivity contribution in [2.75, 3.05) is 6.54 Å². The van der Waals surface area contributed by atoms with Gasteiger partial charge in [0.25, 0.3) is 5.91 Å². The molecule has 0 fully saturated rings. The van der Waals surface area contributed by atoms with E-state index in [2.05, 4.69) is 50.6 Å². The fourth-order valence-corrected chi connectivity index (χ4v) is 4.61. The minimum absolute atomic E-state index is 0.0836. The summed E-state index contributed by atoms with van der Waals surface area (Å²) in [4.78, 5) is 29.7. The summed E-state index contributed by atoms with van der Waals surface area (Å²) in [5.74, 6) is 1.62. The number of nitrogens with zero attached hydrogens (tertiary/aromatic N) is 4. The molecule has 7 heteroatoms. The average Bonchev–Trinajstić information content (AvgIpc) is 3.44. The Morgan fingerprint density at radius 3 is 2.80 bits per heavy atom. The van der Waals surface area contributed by atoms with Gasteiger partial charge in [0.1, 0.15) is 11.6 Å². The maximum atomic E-state index is 12.9. The highest BCUT2D eigenvalue weighted by Crippen LogP contribution is 2.21. The third kappa shape index (κ3) is 4.01. The summed E-state index contributed by atoms with van der Waals surface area (Å²) in [6.07, 6.45) is 4.84. The molecule has 0 radical (unpaired) electrons. The van der Waals surface area contributed by atoms with Crippen LogP contribution >= 0.6 is 0 Å². The Morgan fingerprint density at radius 2 is 1.89 bits per heavy atom. The van der Waals surface area contributed by atoms with Crippen LogP contribution in [-0.2, 0) is 19.9 Å². The van der Waals surface area contributed by atoms with Gasteiger partial charge in [0.15, 0.2) is 0 Å². The van der Waals surface area contributed by atoms with Crippen LogP contribution in [0.4, 0.5) is 0 Å². The topological polar surface area (TPSA) is 88.5 Å². The lowest BCUT2D eigenvalue weighted by Crippen LogP contribution is -2.25. The normalized spacial score (nSPS) is 11.5. The van der Waals surface area contributed by atoms with E-state index in [9.17, 15) is 4.79 Å². The number of hydrogen-bond acceptors (Lipinski definition) is 4. The first-order valence-corrected chi connectivity index (χ1v) is 11.6. The molecule has 0 bridgehead atoms. The SMILES string of the molecule is Cn1c(Cc2nc3ccncc3[nH]2)nc2ccc(C(=O)NCCc3cccc4ccccc34)cc21. The summed E-state index contributed by atoms with van der Waals surface area (Å²) in [5, 5.41) is 5.51. The summed E-state index contributed by atoms with van der Waals surface area (Å²) >= 11 is 0. The summed E-state index contributed by atoms with van der Waals surface area (Å²) in [6, 6.07) is 22.2. The lowest BCUT2D eigenvalue weighted by molar-refractivity contribution is 0.0954. The summed E-state index contributed by atoms with van der Waals surface area (Å²) in [7, 11) is 1.97. The number of carbonyl (C=O) groups excluding carboxylic acids is 1. The van der Waals surface area contributed by atoms with Gasteiger partial charge in [-0.2, -0.15) is 0 Å². The van der Waals surface area contributed by atoms with Crippen molar-refractivity contribution in [2.45, 2.75) is 12.8 Å². The van der Waals surface area contributed by atoms with Crippen LogP contribution in [0.25, 0.3) is 32.8 Å². The first-order chi connectivity index (χ1) is 17.2. The summed E-state index contributed by atoms with van der Waals surface area (Å²) in [6.45, 7) is 0.572. The van der Waals surface area contributed by atoms with Gasteiger partial charge in [0.2, 0.25) is 0 Å². The highest BCUT2D eigenvalue weighted by atomic mass is 16.1. The van der Waals surface area contributed by atoms with Crippen LogP contribution < -0.4 is 5.32 Å². The quantitative estimate of drug-likeness (QED) is 0.381. The summed E-state index contributed by atoms with van der Waals surface area (Å²) in [5.41, 5.74) is 5.42. The Balaban J connectivity index is 1.17. The number of amides is 1. The predicted molar refractivity (Wildman–Crippen MR) is 137 cm³/mol. The standard InChI is InChI=1S/C28H24N6O/c1-34-25-15-20(28(35)30-14-11-19-7-4-6-18-5-2-3-8-21(18)19)9-10-23(25)33-27(34)16-26-31-22-12-13-29-17-24(22)32-26/h2-10,12-13,15,17H,11,14,16H2,1H3,(H,30,35)(H,31,32). The maximum Gasteiger partial charge on any atom is 0.251 e. The van der Waals surface area contributed by atoms with E-state index in [1.54, 1.807) is 12.4 Å². The molecular weight excluding hydrogens is 436 g/mol. The predicted octanol–water partition coefficient (Wildman–Crippen LogP) is 4.56. The van der Waals surface area contributed by atoms with Crippen molar-refractivity contribution in [1.82, 2.24) is 29.8 Å². The molecule has 3 aromatic carbocycles. The molecule has 0 aliphatic carbocycles. The van der Waals surface area contributed by atoms with Gasteiger partial charge in [0, 0.05) is 25.4 Å². The molecule has 6 aromatic rings. The first-order valence-electron chi connectivity index (χ1n) is 11.6. The zero-order chi connectivity index (χ0) is 23.8. The Hall–Kier alpha value is -4.52. The van der Waals surface area contributed by atoms with Crippen LogP contribution in [0.3, 0.4) is 0 Å². The zero-order valence-electron chi connectivity index (χ0n) is 19.3. The van der Waals surface area contributed by atoms with Gasteiger partial charge in [-0.3, -0.25) is 9.78 Å². The van der Waals surface area contributed by atoms with Gasteiger partial charge in [0.05, 0.1) is 34.7 Å². The van der Waals surface area contributed by atoms with Crippen molar-refractivity contribution in [1.29, 1.82) is 0 Å². The number of aryl methyl sites for hydroxylation is 1. The number of benzene rings is 3. The average molecular weight is 461 g/mol. The van der Waals surface area contributed by atoms with E-state index in [4.69, 9.17) is 4.98 Å². The Morgan fingerprint density at radius 1 is 1.00 bits per heavy atom. The molecule has 6 rings (SSSR count). The number of carbonyl (C=O) groups is 1. The highest BCUT2D eigenvalue weighted by Gasteiger charge is 2.14. The lowest BCUT2D eigenvalue weighted by atomic mass is 10.0. The van der Waals surface area contributed by atoms with E-state index in [-0.39, 0.29) is 5.91 Å². The van der Waals surface area contributed by atoms with Crippen molar-refractivity contribution < 1.29 is 4.79 Å². The molecule has 1 amide bonds. The molecule has 0 unspecified atom stereocenters. The van der Waals surface area contributed by atoms with Gasteiger partial charge in [-0.05, 0) is 47.0 Å². The number of hydrogen-bond donors (Lipinski definition) is 2. The number of aromatic amines is 1. The van der Waals surface area contributed by atoms with Gasteiger partial charge in [-0.25, -0.2) is 9.97 Å². The molecule has 2 N–H and O–H groups in total. The van der Waals surface area contributed by atoms with Gasteiger partial charge < -0.3 is 14.9 Å². The fraction of sp³-hybridized carbons (Fsp3) is 0.143. The Labute approximate surface area is 201 Å². The van der Waals surface area contributed by atoms with Crippen LogP contribution in [0.1, 0.15) is 27.6 Å². The van der Waals surface area contributed by atoms with Gasteiger partial charge in [-0.15, -0.1) is 0 Å². The van der Waals surface area contributed by atoms with Crippen molar-refractivity contribution in [3.8, 4) is 0 Å². The Bertz CT molecular complexity index is 1660. The zero-order valence-corrected chi connectivity index (χ0v) is 19.3. The number of pyridine rings is 1. The van der Waals surface area contributed by atoms with Crippen molar-refractivity contribution >= 4 is 38.7 Å². The van der Waals surface area contributed by atoms with E-state index in [0.717, 1.165) is 40.1 Å². The molecule has 0 aliphatic heterocycles. The monoisotopic (exact) mass is 460 g/mol. The number of H-pyrrole nitrogens is 1. The number of nitrogens with one attached hydrogen (secondary N) is 2. The molecule has 35 heavy (non-hydrogen) atoms. The summed E-state index contributed by atoms with van der Waals surface area (Å²) < 4.78 is 2.02. The van der Waals surface area contributed by atoms with E-state index >= 15 is 0 Å². The molecule has 172 valence electrons. The molecule has 0 saturated heterocycles. The van der Waals surface area contributed by atoms with Crippen LogP contribution in [-0.4, -0.2) is 37.0 Å². The third-order valence-electron chi connectivity index (χ3n) is 6.45. The van der Waals surface area contributed by atoms with Gasteiger partial charge in [-0.1, -0.05) is 42.5 Å². The molecule has 0 atom stereocenters. The number of rotatable bonds is 6. The lowest BCUT2D eigenvalue weighted by Gasteiger charge is -2.08. The number of fused-ring (bicyclic) bond motifs is 3. The number of aromatic nitrogens is 5. The molecule has 0 aliphatic rings. The van der Waals surface area contributed by atoms with E-state index < -0.39 is 0 Å². The van der Waals surface area contributed by atoms with Crippen molar-refractivity contribution in [2.24, 2.45) is 7.05 Å². The van der Waals surface area contributed by atoms with Crippen LogP contribution in [0, 0.1) is 0 Å². The molecule has 7 nitrogen and oxygen atoms in total. The molecule has 0 saturated carbocycles.